The van der Waals surface area contributed by atoms with Gasteiger partial charge in [-0.05, 0) is 17.5 Å². The number of carbonyl (C=O) groups is 1. The number of aryl methyl sites for hydroxylation is 2. The molecule has 2 aromatic carbocycles. The number of nitrogens with one attached hydrogen (secondary N) is 1. The Balaban J connectivity index is 1.99. The van der Waals surface area contributed by atoms with Crippen molar-refractivity contribution < 1.29 is 9.90 Å². The summed E-state index contributed by atoms with van der Waals surface area (Å²) >= 11 is 0. The largest absolute Gasteiger partial charge is 0.372 e. The molecule has 0 bridgehead atoms. The van der Waals surface area contributed by atoms with Gasteiger partial charge >= 0.3 is 0 Å². The maximum atomic E-state index is 13.2. The van der Waals surface area contributed by atoms with Gasteiger partial charge in [0.25, 0.3) is 5.91 Å². The van der Waals surface area contributed by atoms with Crippen LogP contribution in [0.3, 0.4) is 0 Å². The second-order valence-electron chi connectivity index (χ2n) is 6.29. The van der Waals surface area contributed by atoms with Crippen LogP contribution in [-0.4, -0.2) is 20.8 Å². The fourth-order valence-electron chi connectivity index (χ4n) is 3.02. The number of anilines is 1. The molecule has 5 heteroatoms. The lowest BCUT2D eigenvalue weighted by Gasteiger charge is -2.28. The van der Waals surface area contributed by atoms with E-state index in [1.807, 2.05) is 18.2 Å². The molecule has 0 atom stereocenters. The molecule has 26 heavy (non-hydrogen) atoms. The molecule has 0 aliphatic heterocycles. The van der Waals surface area contributed by atoms with Crippen LogP contribution in [0.25, 0.3) is 0 Å². The minimum atomic E-state index is -1.79. The summed E-state index contributed by atoms with van der Waals surface area (Å²) in [5, 5.41) is 18.7. The first-order valence-electron chi connectivity index (χ1n) is 8.73. The summed E-state index contributed by atoms with van der Waals surface area (Å²) in [6.07, 6.45) is 1.81. The van der Waals surface area contributed by atoms with Crippen molar-refractivity contribution in [2.24, 2.45) is 7.05 Å². The highest BCUT2D eigenvalue weighted by Gasteiger charge is 2.40. The molecule has 134 valence electrons. The third-order valence-corrected chi connectivity index (χ3v) is 4.39. The minimum absolute atomic E-state index is 0.513. The van der Waals surface area contributed by atoms with E-state index in [-0.39, 0.29) is 0 Å². The van der Waals surface area contributed by atoms with E-state index in [4.69, 9.17) is 0 Å². The molecule has 0 unspecified atom stereocenters. The van der Waals surface area contributed by atoms with Gasteiger partial charge in [-0.2, -0.15) is 5.10 Å². The zero-order valence-electron chi connectivity index (χ0n) is 15.0. The van der Waals surface area contributed by atoms with E-state index in [2.05, 4.69) is 17.3 Å². The molecule has 2 N–H and O–H groups in total. The average molecular weight is 349 g/mol. The number of carbonyl (C=O) groups excluding carboxylic acids is 1. The normalized spacial score (nSPS) is 11.3. The van der Waals surface area contributed by atoms with Crippen molar-refractivity contribution in [3.63, 3.8) is 0 Å². The van der Waals surface area contributed by atoms with Gasteiger partial charge in [-0.1, -0.05) is 74.0 Å². The van der Waals surface area contributed by atoms with E-state index in [1.165, 1.54) is 0 Å². The first-order valence-corrected chi connectivity index (χ1v) is 8.73. The quantitative estimate of drug-likeness (QED) is 0.718. The molecule has 1 heterocycles. The molecule has 0 saturated carbocycles. The van der Waals surface area contributed by atoms with Crippen molar-refractivity contribution in [3.05, 3.63) is 83.6 Å². The van der Waals surface area contributed by atoms with Crippen LogP contribution in [-0.2, 0) is 23.9 Å². The van der Waals surface area contributed by atoms with E-state index < -0.39 is 11.5 Å². The van der Waals surface area contributed by atoms with Crippen LogP contribution in [0, 0.1) is 0 Å². The zero-order valence-corrected chi connectivity index (χ0v) is 15.0. The van der Waals surface area contributed by atoms with Gasteiger partial charge in [0.15, 0.2) is 5.60 Å². The molecule has 0 fully saturated rings. The van der Waals surface area contributed by atoms with Crippen LogP contribution in [0.4, 0.5) is 5.82 Å². The van der Waals surface area contributed by atoms with E-state index in [0.717, 1.165) is 18.5 Å². The van der Waals surface area contributed by atoms with Gasteiger partial charge < -0.3 is 10.4 Å². The number of benzene rings is 2. The monoisotopic (exact) mass is 349 g/mol. The molecule has 0 radical (unpaired) electrons. The maximum Gasteiger partial charge on any atom is 0.266 e. The van der Waals surface area contributed by atoms with Crippen molar-refractivity contribution in [3.8, 4) is 0 Å². The number of aliphatic hydroxyl groups is 1. The predicted molar refractivity (Wildman–Crippen MR) is 102 cm³/mol. The van der Waals surface area contributed by atoms with Crippen LogP contribution < -0.4 is 5.32 Å². The zero-order chi connectivity index (χ0) is 18.6. The molecule has 0 aliphatic rings. The Labute approximate surface area is 153 Å². The van der Waals surface area contributed by atoms with Gasteiger partial charge in [-0.25, -0.2) is 0 Å². The van der Waals surface area contributed by atoms with E-state index in [9.17, 15) is 9.90 Å². The van der Waals surface area contributed by atoms with Crippen LogP contribution in [0.2, 0.25) is 0 Å². The fourth-order valence-corrected chi connectivity index (χ4v) is 3.02. The van der Waals surface area contributed by atoms with Gasteiger partial charge in [0.1, 0.15) is 5.82 Å². The summed E-state index contributed by atoms with van der Waals surface area (Å²) in [6.45, 7) is 2.08. The van der Waals surface area contributed by atoms with Crippen molar-refractivity contribution >= 4 is 11.7 Å². The standard InChI is InChI=1S/C21H23N3O2/c1-3-10-18-15-19(24(2)23-18)22-20(25)21(26,16-11-6-4-7-12-16)17-13-8-5-9-14-17/h4-9,11-15,26H,3,10H2,1-2H3,(H,22,25). The van der Waals surface area contributed by atoms with E-state index in [1.54, 1.807) is 60.3 Å². The Morgan fingerprint density at radius 2 is 1.62 bits per heavy atom. The van der Waals surface area contributed by atoms with Crippen molar-refractivity contribution in [1.82, 2.24) is 9.78 Å². The summed E-state index contributed by atoms with van der Waals surface area (Å²) in [4.78, 5) is 13.2. The lowest BCUT2D eigenvalue weighted by molar-refractivity contribution is -0.131. The van der Waals surface area contributed by atoms with Gasteiger partial charge in [-0.3, -0.25) is 9.48 Å². The Morgan fingerprint density at radius 3 is 2.12 bits per heavy atom. The SMILES string of the molecule is CCCc1cc(NC(=O)C(O)(c2ccccc2)c2ccccc2)n(C)n1. The van der Waals surface area contributed by atoms with Crippen molar-refractivity contribution in [1.29, 1.82) is 0 Å². The summed E-state index contributed by atoms with van der Waals surface area (Å²) in [6, 6.07) is 19.8. The van der Waals surface area contributed by atoms with Crippen molar-refractivity contribution in [2.45, 2.75) is 25.4 Å². The second kappa shape index (κ2) is 7.54. The highest BCUT2D eigenvalue weighted by Crippen LogP contribution is 2.31. The topological polar surface area (TPSA) is 67.2 Å². The average Bonchev–Trinajstić information content (AvgIpc) is 3.01. The number of hydrogen-bond donors (Lipinski definition) is 2. The lowest BCUT2D eigenvalue weighted by Crippen LogP contribution is -2.41. The second-order valence-corrected chi connectivity index (χ2v) is 6.29. The molecular formula is C21H23N3O2. The number of rotatable bonds is 6. The van der Waals surface area contributed by atoms with Crippen LogP contribution in [0.1, 0.15) is 30.2 Å². The molecule has 0 spiro atoms. The first kappa shape index (κ1) is 17.9. The number of aromatic nitrogens is 2. The molecule has 0 saturated heterocycles. The highest BCUT2D eigenvalue weighted by molar-refractivity contribution is 5.99. The Kier molecular flexibility index (Phi) is 5.19. The van der Waals surface area contributed by atoms with Gasteiger partial charge in [-0.15, -0.1) is 0 Å². The smallest absolute Gasteiger partial charge is 0.266 e. The van der Waals surface area contributed by atoms with E-state index >= 15 is 0 Å². The molecule has 3 aromatic rings. The van der Waals surface area contributed by atoms with Crippen LogP contribution in [0.15, 0.2) is 66.7 Å². The van der Waals surface area contributed by atoms with Crippen LogP contribution in [0.5, 0.6) is 0 Å². The van der Waals surface area contributed by atoms with Crippen molar-refractivity contribution in [2.75, 3.05) is 5.32 Å². The Hall–Kier alpha value is -2.92. The summed E-state index contributed by atoms with van der Waals surface area (Å²) in [5.74, 6) is 0.0460. The Bertz CT molecular complexity index is 833. The summed E-state index contributed by atoms with van der Waals surface area (Å²) < 4.78 is 1.62. The third kappa shape index (κ3) is 3.39. The number of amides is 1. The molecule has 0 aliphatic carbocycles. The highest BCUT2D eigenvalue weighted by atomic mass is 16.3. The van der Waals surface area contributed by atoms with Crippen LogP contribution >= 0.6 is 0 Å². The fraction of sp³-hybridized carbons (Fsp3) is 0.238. The summed E-state index contributed by atoms with van der Waals surface area (Å²) in [7, 11) is 1.78. The van der Waals surface area contributed by atoms with E-state index in [0.29, 0.717) is 16.9 Å². The van der Waals surface area contributed by atoms with Gasteiger partial charge in [0.05, 0.1) is 5.69 Å². The third-order valence-electron chi connectivity index (χ3n) is 4.39. The molecular weight excluding hydrogens is 326 g/mol. The molecule has 1 amide bonds. The minimum Gasteiger partial charge on any atom is -0.372 e. The maximum absolute atomic E-state index is 13.2. The molecule has 5 nitrogen and oxygen atoms in total. The lowest BCUT2D eigenvalue weighted by atomic mass is 9.85. The van der Waals surface area contributed by atoms with Gasteiger partial charge in [0, 0.05) is 13.1 Å². The number of hydrogen-bond acceptors (Lipinski definition) is 3. The first-order chi connectivity index (χ1) is 12.6. The van der Waals surface area contributed by atoms with Gasteiger partial charge in [0.2, 0.25) is 0 Å². The molecule has 3 rings (SSSR count). The predicted octanol–water partition coefficient (Wildman–Crippen LogP) is 3.25. The summed E-state index contributed by atoms with van der Waals surface area (Å²) in [5.41, 5.74) is 0.144. The number of nitrogens with zero attached hydrogens (tertiary/aromatic N) is 2. The Morgan fingerprint density at radius 1 is 1.08 bits per heavy atom. The molecule has 1 aromatic heterocycles.